The molecule has 0 spiro atoms. The van der Waals surface area contributed by atoms with Crippen LogP contribution in [0.1, 0.15) is 49.3 Å². The molecule has 2 heteroatoms. The smallest absolute Gasteiger partial charge is 0.0463 e. The van der Waals surface area contributed by atoms with Gasteiger partial charge in [0.25, 0.3) is 0 Å². The minimum absolute atomic E-state index is 0.345. The lowest BCUT2D eigenvalue weighted by Gasteiger charge is -2.28. The van der Waals surface area contributed by atoms with Gasteiger partial charge < -0.3 is 5.11 Å². The summed E-state index contributed by atoms with van der Waals surface area (Å²) < 4.78 is 0. The summed E-state index contributed by atoms with van der Waals surface area (Å²) in [4.78, 5) is 4.52. The molecule has 1 N–H and O–H groups in total. The third-order valence-electron chi connectivity index (χ3n) is 3.82. The number of aliphatic hydroxyl groups excluding tert-OH is 1. The first kappa shape index (κ1) is 11.6. The van der Waals surface area contributed by atoms with Crippen molar-refractivity contribution in [2.45, 2.75) is 44.9 Å². The first-order valence-electron chi connectivity index (χ1n) is 6.33. The summed E-state index contributed by atoms with van der Waals surface area (Å²) >= 11 is 0. The number of nitrogens with zero attached hydrogens (tertiary/aromatic N) is 1. The molecule has 88 valence electrons. The van der Waals surface area contributed by atoms with Gasteiger partial charge in [-0.15, -0.1) is 0 Å². The molecule has 0 unspecified atom stereocenters. The van der Waals surface area contributed by atoms with Crippen molar-refractivity contribution in [2.24, 2.45) is 5.92 Å². The first-order chi connectivity index (χ1) is 7.81. The molecule has 1 heterocycles. The third-order valence-corrected chi connectivity index (χ3v) is 3.82. The van der Waals surface area contributed by atoms with Crippen LogP contribution >= 0.6 is 0 Å². The highest BCUT2D eigenvalue weighted by Gasteiger charge is 2.23. The molecule has 1 saturated carbocycles. The summed E-state index contributed by atoms with van der Waals surface area (Å²) in [5, 5.41) is 8.93. The zero-order valence-corrected chi connectivity index (χ0v) is 10.0. The Hall–Kier alpha value is -0.890. The Kier molecular flexibility index (Phi) is 3.94. The zero-order valence-electron chi connectivity index (χ0n) is 10.0. The van der Waals surface area contributed by atoms with Crippen LogP contribution in [-0.2, 0) is 0 Å². The van der Waals surface area contributed by atoms with E-state index < -0.39 is 0 Å². The molecule has 16 heavy (non-hydrogen) atoms. The van der Waals surface area contributed by atoms with Gasteiger partial charge in [-0.05, 0) is 56.6 Å². The fourth-order valence-corrected chi connectivity index (χ4v) is 2.83. The minimum atomic E-state index is 0.345. The number of aromatic nitrogens is 1. The van der Waals surface area contributed by atoms with Gasteiger partial charge in [0.05, 0.1) is 0 Å². The average molecular weight is 219 g/mol. The van der Waals surface area contributed by atoms with Crippen molar-refractivity contribution in [2.75, 3.05) is 6.61 Å². The molecule has 0 bridgehead atoms. The Bertz CT molecular complexity index is 329. The predicted octanol–water partition coefficient (Wildman–Crippen LogP) is 3.05. The summed E-state index contributed by atoms with van der Waals surface area (Å²) in [5.41, 5.74) is 2.62. The van der Waals surface area contributed by atoms with E-state index in [1.165, 1.54) is 36.9 Å². The van der Waals surface area contributed by atoms with Crippen LogP contribution in [0.15, 0.2) is 18.3 Å². The Morgan fingerprint density at radius 3 is 2.69 bits per heavy atom. The molecule has 1 aromatic rings. The van der Waals surface area contributed by atoms with Gasteiger partial charge in [0.1, 0.15) is 0 Å². The predicted molar refractivity (Wildman–Crippen MR) is 65.4 cm³/mol. The van der Waals surface area contributed by atoms with Crippen LogP contribution in [0.5, 0.6) is 0 Å². The summed E-state index contributed by atoms with van der Waals surface area (Å²) in [5.74, 6) is 1.39. The van der Waals surface area contributed by atoms with Gasteiger partial charge in [-0.2, -0.15) is 0 Å². The Morgan fingerprint density at radius 1 is 1.31 bits per heavy atom. The molecule has 0 aliphatic heterocycles. The maximum absolute atomic E-state index is 8.93. The van der Waals surface area contributed by atoms with E-state index in [0.29, 0.717) is 12.5 Å². The Labute approximate surface area is 97.7 Å². The monoisotopic (exact) mass is 219 g/mol. The van der Waals surface area contributed by atoms with Crippen LogP contribution in [0.25, 0.3) is 0 Å². The van der Waals surface area contributed by atoms with Crippen LogP contribution < -0.4 is 0 Å². The lowest BCUT2D eigenvalue weighted by molar-refractivity contribution is 0.221. The largest absolute Gasteiger partial charge is 0.396 e. The van der Waals surface area contributed by atoms with Crippen LogP contribution in [0, 0.1) is 12.8 Å². The van der Waals surface area contributed by atoms with E-state index >= 15 is 0 Å². The normalized spacial score (nSPS) is 25.6. The van der Waals surface area contributed by atoms with Gasteiger partial charge >= 0.3 is 0 Å². The summed E-state index contributed by atoms with van der Waals surface area (Å²) in [6, 6.07) is 4.17. The quantitative estimate of drug-likeness (QED) is 0.847. The van der Waals surface area contributed by atoms with E-state index in [9.17, 15) is 0 Å². The molecule has 0 amide bonds. The van der Waals surface area contributed by atoms with Gasteiger partial charge in [0.2, 0.25) is 0 Å². The number of aryl methyl sites for hydroxylation is 1. The van der Waals surface area contributed by atoms with Crippen LogP contribution in [0.2, 0.25) is 0 Å². The van der Waals surface area contributed by atoms with E-state index in [4.69, 9.17) is 5.11 Å². The Balaban J connectivity index is 1.96. The van der Waals surface area contributed by atoms with E-state index in [0.717, 1.165) is 12.3 Å². The topological polar surface area (TPSA) is 33.1 Å². The number of pyridine rings is 1. The third kappa shape index (κ3) is 2.62. The lowest BCUT2D eigenvalue weighted by Crippen LogP contribution is -2.15. The molecule has 0 radical (unpaired) electrons. The van der Waals surface area contributed by atoms with Crippen molar-refractivity contribution in [1.29, 1.82) is 0 Å². The molecule has 0 aromatic carbocycles. The summed E-state index contributed by atoms with van der Waals surface area (Å²) in [7, 11) is 0. The van der Waals surface area contributed by atoms with Crippen molar-refractivity contribution in [3.8, 4) is 0 Å². The van der Waals surface area contributed by atoms with Crippen LogP contribution in [0.4, 0.5) is 0 Å². The Morgan fingerprint density at radius 2 is 2.06 bits per heavy atom. The molecular formula is C14H21NO. The second-order valence-corrected chi connectivity index (χ2v) is 4.94. The fourth-order valence-electron chi connectivity index (χ4n) is 2.83. The summed E-state index contributed by atoms with van der Waals surface area (Å²) in [6.07, 6.45) is 7.86. The SMILES string of the molecule is Cc1cccnc1C1CCC(CCO)CC1. The maximum atomic E-state index is 8.93. The first-order valence-corrected chi connectivity index (χ1v) is 6.33. The highest BCUT2D eigenvalue weighted by molar-refractivity contribution is 5.21. The van der Waals surface area contributed by atoms with E-state index in [2.05, 4.69) is 18.0 Å². The molecular weight excluding hydrogens is 198 g/mol. The minimum Gasteiger partial charge on any atom is -0.396 e. The van der Waals surface area contributed by atoms with E-state index in [-0.39, 0.29) is 0 Å². The van der Waals surface area contributed by atoms with Crippen molar-refractivity contribution < 1.29 is 5.11 Å². The molecule has 2 nitrogen and oxygen atoms in total. The zero-order chi connectivity index (χ0) is 11.4. The van der Waals surface area contributed by atoms with E-state index in [1.54, 1.807) is 0 Å². The molecule has 0 atom stereocenters. The van der Waals surface area contributed by atoms with Crippen molar-refractivity contribution >= 4 is 0 Å². The van der Waals surface area contributed by atoms with Crippen molar-refractivity contribution in [1.82, 2.24) is 4.98 Å². The summed E-state index contributed by atoms with van der Waals surface area (Å²) in [6.45, 7) is 2.50. The average Bonchev–Trinajstić information content (AvgIpc) is 2.31. The maximum Gasteiger partial charge on any atom is 0.0463 e. The van der Waals surface area contributed by atoms with Gasteiger partial charge in [-0.1, -0.05) is 6.07 Å². The highest BCUT2D eigenvalue weighted by Crippen LogP contribution is 2.36. The standard InChI is InChI=1S/C14H21NO/c1-11-3-2-9-15-14(11)13-6-4-12(5-7-13)8-10-16/h2-3,9,12-13,16H,4-8,10H2,1H3. The van der Waals surface area contributed by atoms with Gasteiger partial charge in [-0.25, -0.2) is 0 Å². The molecule has 1 aliphatic carbocycles. The lowest BCUT2D eigenvalue weighted by atomic mass is 9.78. The molecule has 0 saturated heterocycles. The number of hydrogen-bond donors (Lipinski definition) is 1. The second-order valence-electron chi connectivity index (χ2n) is 4.94. The van der Waals surface area contributed by atoms with Crippen LogP contribution in [0.3, 0.4) is 0 Å². The number of aliphatic hydroxyl groups is 1. The number of rotatable bonds is 3. The van der Waals surface area contributed by atoms with Gasteiger partial charge in [0.15, 0.2) is 0 Å². The molecule has 1 fully saturated rings. The molecule has 1 aliphatic rings. The molecule has 2 rings (SSSR count). The van der Waals surface area contributed by atoms with Crippen molar-refractivity contribution in [3.63, 3.8) is 0 Å². The second kappa shape index (κ2) is 5.44. The fraction of sp³-hybridized carbons (Fsp3) is 0.643. The molecule has 1 aromatic heterocycles. The van der Waals surface area contributed by atoms with Gasteiger partial charge in [0, 0.05) is 24.4 Å². The van der Waals surface area contributed by atoms with Crippen LogP contribution in [-0.4, -0.2) is 16.7 Å². The number of hydrogen-bond acceptors (Lipinski definition) is 2. The van der Waals surface area contributed by atoms with E-state index in [1.807, 2.05) is 12.3 Å². The van der Waals surface area contributed by atoms with Crippen molar-refractivity contribution in [3.05, 3.63) is 29.6 Å². The van der Waals surface area contributed by atoms with Gasteiger partial charge in [-0.3, -0.25) is 4.98 Å². The highest BCUT2D eigenvalue weighted by atomic mass is 16.3.